The number of halogens is 4. The molecule has 0 aliphatic carbocycles. The van der Waals surface area contributed by atoms with E-state index < -0.39 is 24.7 Å². The highest BCUT2D eigenvalue weighted by atomic mass is 79.9. The van der Waals surface area contributed by atoms with E-state index in [0.717, 1.165) is 6.07 Å². The first-order valence-electron chi connectivity index (χ1n) is 4.18. The van der Waals surface area contributed by atoms with Crippen LogP contribution in [0.5, 0.6) is 11.5 Å². The van der Waals surface area contributed by atoms with Gasteiger partial charge in [0.25, 0.3) is 0 Å². The number of hydrogen-bond acceptors (Lipinski definition) is 3. The minimum Gasteiger partial charge on any atom is -0.482 e. The van der Waals surface area contributed by atoms with Crippen LogP contribution in [0.15, 0.2) is 22.7 Å². The molecule has 0 amide bonds. The summed E-state index contributed by atoms with van der Waals surface area (Å²) in [5, 5.41) is 8.34. The first-order chi connectivity index (χ1) is 7.78. The molecule has 0 aliphatic rings. The monoisotopic (exact) mass is 314 g/mol. The van der Waals surface area contributed by atoms with Crippen LogP contribution in [0.2, 0.25) is 0 Å². The Morgan fingerprint density at radius 2 is 2.06 bits per heavy atom. The molecule has 0 aliphatic heterocycles. The maximum absolute atomic E-state index is 11.9. The molecule has 0 heterocycles. The van der Waals surface area contributed by atoms with Gasteiger partial charge in [-0.3, -0.25) is 0 Å². The second-order valence-electron chi connectivity index (χ2n) is 2.82. The van der Waals surface area contributed by atoms with Crippen molar-refractivity contribution in [3.8, 4) is 11.5 Å². The summed E-state index contributed by atoms with van der Waals surface area (Å²) in [6, 6.07) is 3.38. The van der Waals surface area contributed by atoms with Crippen molar-refractivity contribution < 1.29 is 32.5 Å². The standard InChI is InChI=1S/C9H6BrF3O4/c10-6-3-5(16-4-8(14)15)1-2-7(6)17-9(11,12)13/h1-3H,4H2,(H,14,15). The average Bonchev–Trinajstić information content (AvgIpc) is 2.17. The molecule has 1 N–H and O–H groups in total. The molecular formula is C9H6BrF3O4. The van der Waals surface area contributed by atoms with Gasteiger partial charge < -0.3 is 14.6 Å². The first kappa shape index (κ1) is 13.6. The second kappa shape index (κ2) is 5.26. The fourth-order valence-corrected chi connectivity index (χ4v) is 1.36. The van der Waals surface area contributed by atoms with Crippen molar-refractivity contribution in [1.82, 2.24) is 0 Å². The number of carboxylic acids is 1. The maximum atomic E-state index is 11.9. The zero-order chi connectivity index (χ0) is 13.1. The quantitative estimate of drug-likeness (QED) is 0.928. The molecule has 0 saturated carbocycles. The van der Waals surface area contributed by atoms with Crippen molar-refractivity contribution in [1.29, 1.82) is 0 Å². The lowest BCUT2D eigenvalue weighted by molar-refractivity contribution is -0.274. The van der Waals surface area contributed by atoms with Gasteiger partial charge in [0.1, 0.15) is 11.5 Å². The molecule has 94 valence electrons. The van der Waals surface area contributed by atoms with Gasteiger partial charge >= 0.3 is 12.3 Å². The van der Waals surface area contributed by atoms with Crippen LogP contribution in [0, 0.1) is 0 Å². The van der Waals surface area contributed by atoms with E-state index in [1.807, 2.05) is 0 Å². The number of alkyl halides is 3. The molecule has 8 heteroatoms. The molecule has 0 bridgehead atoms. The number of carboxylic acid groups (broad SMARTS) is 1. The molecule has 0 fully saturated rings. The third-order valence-corrected chi connectivity index (χ3v) is 2.11. The molecular weight excluding hydrogens is 309 g/mol. The fourth-order valence-electron chi connectivity index (χ4n) is 0.924. The third-order valence-electron chi connectivity index (χ3n) is 1.49. The minimum absolute atomic E-state index is 0.0118. The van der Waals surface area contributed by atoms with E-state index in [4.69, 9.17) is 9.84 Å². The highest BCUT2D eigenvalue weighted by Crippen LogP contribution is 2.33. The summed E-state index contributed by atoms with van der Waals surface area (Å²) in [5.41, 5.74) is 0. The van der Waals surface area contributed by atoms with Crippen LogP contribution in [0.1, 0.15) is 0 Å². The van der Waals surface area contributed by atoms with E-state index in [9.17, 15) is 18.0 Å². The van der Waals surface area contributed by atoms with E-state index >= 15 is 0 Å². The van der Waals surface area contributed by atoms with Gasteiger partial charge in [0.05, 0.1) is 4.47 Å². The van der Waals surface area contributed by atoms with Crippen molar-refractivity contribution in [2.75, 3.05) is 6.61 Å². The second-order valence-corrected chi connectivity index (χ2v) is 3.68. The summed E-state index contributed by atoms with van der Waals surface area (Å²) in [5.74, 6) is -1.49. The van der Waals surface area contributed by atoms with Crippen LogP contribution in [-0.2, 0) is 4.79 Å². The molecule has 0 saturated heterocycles. The lowest BCUT2D eigenvalue weighted by Crippen LogP contribution is -2.17. The Labute approximate surface area is 102 Å². The SMILES string of the molecule is O=C(O)COc1ccc(OC(F)(F)F)c(Br)c1. The Morgan fingerprint density at radius 3 is 2.53 bits per heavy atom. The van der Waals surface area contributed by atoms with Crippen LogP contribution >= 0.6 is 15.9 Å². The normalized spacial score (nSPS) is 11.1. The van der Waals surface area contributed by atoms with Crippen molar-refractivity contribution in [3.63, 3.8) is 0 Å². The van der Waals surface area contributed by atoms with Crippen molar-refractivity contribution in [2.45, 2.75) is 6.36 Å². The molecule has 0 unspecified atom stereocenters. The van der Waals surface area contributed by atoms with E-state index in [2.05, 4.69) is 20.7 Å². The molecule has 0 atom stereocenters. The summed E-state index contributed by atoms with van der Waals surface area (Å²) in [6.07, 6.45) is -4.79. The van der Waals surface area contributed by atoms with Crippen LogP contribution in [0.25, 0.3) is 0 Å². The number of benzene rings is 1. The zero-order valence-electron chi connectivity index (χ0n) is 8.12. The van der Waals surface area contributed by atoms with Crippen LogP contribution in [0.4, 0.5) is 13.2 Å². The number of aliphatic carboxylic acids is 1. The number of hydrogen-bond donors (Lipinski definition) is 1. The molecule has 0 radical (unpaired) electrons. The molecule has 1 rings (SSSR count). The fraction of sp³-hybridized carbons (Fsp3) is 0.222. The van der Waals surface area contributed by atoms with E-state index in [1.54, 1.807) is 0 Å². The Bertz CT molecular complexity index is 419. The largest absolute Gasteiger partial charge is 0.573 e. The van der Waals surface area contributed by atoms with E-state index in [0.29, 0.717) is 0 Å². The van der Waals surface area contributed by atoms with Gasteiger partial charge in [0.15, 0.2) is 6.61 Å². The van der Waals surface area contributed by atoms with E-state index in [1.165, 1.54) is 12.1 Å². The topological polar surface area (TPSA) is 55.8 Å². The highest BCUT2D eigenvalue weighted by Gasteiger charge is 2.31. The molecule has 1 aromatic carbocycles. The molecule has 4 nitrogen and oxygen atoms in total. The van der Waals surface area contributed by atoms with E-state index in [-0.39, 0.29) is 10.2 Å². The Balaban J connectivity index is 2.76. The first-order valence-corrected chi connectivity index (χ1v) is 4.97. The Morgan fingerprint density at radius 1 is 1.41 bits per heavy atom. The van der Waals surface area contributed by atoms with Crippen molar-refractivity contribution in [3.05, 3.63) is 22.7 Å². The Hall–Kier alpha value is -1.44. The summed E-state index contributed by atoms with van der Waals surface area (Å²) < 4.78 is 44.2. The van der Waals surface area contributed by atoms with Gasteiger partial charge in [-0.25, -0.2) is 4.79 Å². The predicted octanol–water partition coefficient (Wildman–Crippen LogP) is 2.81. The van der Waals surface area contributed by atoms with Crippen LogP contribution < -0.4 is 9.47 Å². The number of ether oxygens (including phenoxy) is 2. The minimum atomic E-state index is -4.79. The van der Waals surface area contributed by atoms with Gasteiger partial charge in [-0.2, -0.15) is 0 Å². The number of carbonyl (C=O) groups is 1. The lowest BCUT2D eigenvalue weighted by Gasteiger charge is -2.11. The van der Waals surface area contributed by atoms with Crippen LogP contribution in [-0.4, -0.2) is 24.0 Å². The summed E-state index contributed by atoms with van der Waals surface area (Å²) >= 11 is 2.85. The zero-order valence-corrected chi connectivity index (χ0v) is 9.71. The average molecular weight is 315 g/mol. The maximum Gasteiger partial charge on any atom is 0.573 e. The van der Waals surface area contributed by atoms with Crippen LogP contribution in [0.3, 0.4) is 0 Å². The van der Waals surface area contributed by atoms with Gasteiger partial charge in [-0.05, 0) is 34.1 Å². The van der Waals surface area contributed by atoms with Gasteiger partial charge in [0, 0.05) is 0 Å². The molecule has 17 heavy (non-hydrogen) atoms. The summed E-state index contributed by atoms with van der Waals surface area (Å²) in [7, 11) is 0. The van der Waals surface area contributed by atoms with Gasteiger partial charge in [-0.15, -0.1) is 13.2 Å². The third kappa shape index (κ3) is 4.94. The Kier molecular flexibility index (Phi) is 4.22. The summed E-state index contributed by atoms with van der Waals surface area (Å²) in [4.78, 5) is 10.2. The van der Waals surface area contributed by atoms with Gasteiger partial charge in [-0.1, -0.05) is 0 Å². The lowest BCUT2D eigenvalue weighted by atomic mass is 10.3. The highest BCUT2D eigenvalue weighted by molar-refractivity contribution is 9.10. The molecule has 0 spiro atoms. The molecule has 0 aromatic heterocycles. The summed E-state index contributed by atoms with van der Waals surface area (Å²) in [6.45, 7) is -0.577. The predicted molar refractivity (Wildman–Crippen MR) is 54.0 cm³/mol. The van der Waals surface area contributed by atoms with Crippen molar-refractivity contribution >= 4 is 21.9 Å². The smallest absolute Gasteiger partial charge is 0.482 e. The van der Waals surface area contributed by atoms with Crippen molar-refractivity contribution in [2.24, 2.45) is 0 Å². The number of rotatable bonds is 4. The van der Waals surface area contributed by atoms with Gasteiger partial charge in [0.2, 0.25) is 0 Å². The molecule has 1 aromatic rings.